The smallest absolute Gasteiger partial charge is 0.321 e. The van der Waals surface area contributed by atoms with Crippen LogP contribution in [0.25, 0.3) is 0 Å². The fourth-order valence-corrected chi connectivity index (χ4v) is 3.32. The zero-order valence-electron chi connectivity index (χ0n) is 16.5. The quantitative estimate of drug-likeness (QED) is 0.830. The Bertz CT molecular complexity index is 638. The highest BCUT2D eigenvalue weighted by Crippen LogP contribution is 2.20. The van der Waals surface area contributed by atoms with Gasteiger partial charge in [0.05, 0.1) is 6.54 Å². The molecule has 7 heteroatoms. The van der Waals surface area contributed by atoms with E-state index in [-0.39, 0.29) is 30.3 Å². The van der Waals surface area contributed by atoms with Crippen molar-refractivity contribution in [3.8, 4) is 0 Å². The fourth-order valence-electron chi connectivity index (χ4n) is 3.32. The third kappa shape index (κ3) is 5.70. The van der Waals surface area contributed by atoms with Crippen molar-refractivity contribution in [2.45, 2.75) is 26.7 Å². The number of likely N-dealkylation sites (N-methyl/N-ethyl adjacent to an activating group) is 2. The normalized spacial score (nSPS) is 14.6. The predicted molar refractivity (Wildman–Crippen MR) is 105 cm³/mol. The number of carbonyl (C=O) groups excluding carboxylic acids is 3. The number of piperidine rings is 1. The molecule has 1 aromatic carbocycles. The minimum absolute atomic E-state index is 0.0152. The van der Waals surface area contributed by atoms with Gasteiger partial charge in [-0.1, -0.05) is 18.2 Å². The first-order valence-corrected chi connectivity index (χ1v) is 9.60. The minimum atomic E-state index is -0.142. The molecule has 1 aliphatic heterocycles. The van der Waals surface area contributed by atoms with E-state index in [1.807, 2.05) is 44.2 Å². The van der Waals surface area contributed by atoms with Gasteiger partial charge in [-0.05, 0) is 38.8 Å². The third-order valence-electron chi connectivity index (χ3n) is 5.02. The van der Waals surface area contributed by atoms with Gasteiger partial charge >= 0.3 is 6.03 Å². The van der Waals surface area contributed by atoms with Crippen LogP contribution in [0.2, 0.25) is 0 Å². The molecule has 0 bridgehead atoms. The predicted octanol–water partition coefficient (Wildman–Crippen LogP) is 2.26. The zero-order valence-corrected chi connectivity index (χ0v) is 16.5. The molecular formula is C20H30N4O3. The van der Waals surface area contributed by atoms with Crippen molar-refractivity contribution in [2.75, 3.05) is 45.1 Å². The van der Waals surface area contributed by atoms with E-state index in [0.29, 0.717) is 39.0 Å². The highest BCUT2D eigenvalue weighted by Gasteiger charge is 2.30. The molecule has 1 N–H and O–H groups in total. The summed E-state index contributed by atoms with van der Waals surface area (Å²) in [6.45, 7) is 6.33. The molecule has 1 heterocycles. The maximum Gasteiger partial charge on any atom is 0.321 e. The highest BCUT2D eigenvalue weighted by molar-refractivity contribution is 5.90. The molecule has 0 unspecified atom stereocenters. The summed E-state index contributed by atoms with van der Waals surface area (Å²) in [7, 11) is 1.68. The lowest BCUT2D eigenvalue weighted by Crippen LogP contribution is -2.47. The van der Waals surface area contributed by atoms with Gasteiger partial charge < -0.3 is 20.0 Å². The Morgan fingerprint density at radius 2 is 1.67 bits per heavy atom. The van der Waals surface area contributed by atoms with Crippen LogP contribution < -0.4 is 5.32 Å². The summed E-state index contributed by atoms with van der Waals surface area (Å²) < 4.78 is 0. The molecule has 7 nitrogen and oxygen atoms in total. The van der Waals surface area contributed by atoms with Crippen LogP contribution in [0.15, 0.2) is 30.3 Å². The lowest BCUT2D eigenvalue weighted by atomic mass is 9.95. The van der Waals surface area contributed by atoms with Crippen LogP contribution in [0.4, 0.5) is 10.5 Å². The topological polar surface area (TPSA) is 73.0 Å². The molecule has 0 atom stereocenters. The van der Waals surface area contributed by atoms with Gasteiger partial charge in [0.1, 0.15) is 0 Å². The van der Waals surface area contributed by atoms with Crippen LogP contribution in [0, 0.1) is 5.92 Å². The Balaban J connectivity index is 1.81. The molecule has 148 valence electrons. The number of likely N-dealkylation sites (tertiary alicyclic amines) is 1. The van der Waals surface area contributed by atoms with Crippen molar-refractivity contribution in [1.82, 2.24) is 14.7 Å². The number of anilines is 1. The third-order valence-corrected chi connectivity index (χ3v) is 5.02. The maximum atomic E-state index is 12.6. The minimum Gasteiger partial charge on any atom is -0.342 e. The van der Waals surface area contributed by atoms with Gasteiger partial charge in [0.2, 0.25) is 11.8 Å². The van der Waals surface area contributed by atoms with Crippen LogP contribution in [0.5, 0.6) is 0 Å². The number of rotatable bonds is 6. The second-order valence-corrected chi connectivity index (χ2v) is 6.82. The fraction of sp³-hybridized carbons (Fsp3) is 0.550. The Morgan fingerprint density at radius 1 is 1.07 bits per heavy atom. The van der Waals surface area contributed by atoms with E-state index in [1.165, 1.54) is 4.90 Å². The van der Waals surface area contributed by atoms with Crippen molar-refractivity contribution >= 4 is 23.5 Å². The molecule has 0 aromatic heterocycles. The average molecular weight is 374 g/mol. The summed E-state index contributed by atoms with van der Waals surface area (Å²) in [6.07, 6.45) is 1.23. The Labute approximate surface area is 161 Å². The van der Waals surface area contributed by atoms with Gasteiger partial charge in [-0.3, -0.25) is 9.59 Å². The summed E-state index contributed by atoms with van der Waals surface area (Å²) in [5, 5.41) is 2.87. The standard InChI is InChI=1S/C20H30N4O3/c1-4-23(5-2)18(25)15-22(3)19(26)16-11-13-24(14-12-16)20(27)21-17-9-7-6-8-10-17/h6-10,16H,4-5,11-15H2,1-3H3,(H,21,27). The van der Waals surface area contributed by atoms with E-state index in [1.54, 1.807) is 16.8 Å². The number of urea groups is 1. The van der Waals surface area contributed by atoms with Crippen molar-refractivity contribution in [3.05, 3.63) is 30.3 Å². The van der Waals surface area contributed by atoms with Crippen LogP contribution in [-0.4, -0.2) is 72.3 Å². The number of para-hydroxylation sites is 1. The van der Waals surface area contributed by atoms with E-state index in [2.05, 4.69) is 5.32 Å². The van der Waals surface area contributed by atoms with E-state index in [4.69, 9.17) is 0 Å². The average Bonchev–Trinajstić information content (AvgIpc) is 2.69. The Kier molecular flexibility index (Phi) is 7.64. The molecule has 1 aliphatic rings. The summed E-state index contributed by atoms with van der Waals surface area (Å²) in [6, 6.07) is 9.18. The molecule has 1 fully saturated rings. The molecule has 27 heavy (non-hydrogen) atoms. The Morgan fingerprint density at radius 3 is 2.22 bits per heavy atom. The van der Waals surface area contributed by atoms with E-state index >= 15 is 0 Å². The number of nitrogens with one attached hydrogen (secondary N) is 1. The van der Waals surface area contributed by atoms with Gasteiger partial charge in [0.25, 0.3) is 0 Å². The molecule has 1 aromatic rings. The summed E-state index contributed by atoms with van der Waals surface area (Å²) in [5.41, 5.74) is 0.760. The highest BCUT2D eigenvalue weighted by atomic mass is 16.2. The van der Waals surface area contributed by atoms with E-state index in [0.717, 1.165) is 5.69 Å². The summed E-state index contributed by atoms with van der Waals surface area (Å²) >= 11 is 0. The molecule has 0 radical (unpaired) electrons. The van der Waals surface area contributed by atoms with Gasteiger partial charge in [-0.25, -0.2) is 4.79 Å². The van der Waals surface area contributed by atoms with Crippen LogP contribution in [0.3, 0.4) is 0 Å². The number of carbonyl (C=O) groups is 3. The zero-order chi connectivity index (χ0) is 19.8. The largest absolute Gasteiger partial charge is 0.342 e. The van der Waals surface area contributed by atoms with Gasteiger partial charge in [-0.2, -0.15) is 0 Å². The molecular weight excluding hydrogens is 344 g/mol. The molecule has 4 amide bonds. The first kappa shape index (κ1) is 20.7. The van der Waals surface area contributed by atoms with Crippen LogP contribution in [-0.2, 0) is 9.59 Å². The SMILES string of the molecule is CCN(CC)C(=O)CN(C)C(=O)C1CCN(C(=O)Nc2ccccc2)CC1. The van der Waals surface area contributed by atoms with Crippen molar-refractivity contribution in [2.24, 2.45) is 5.92 Å². The van der Waals surface area contributed by atoms with Crippen LogP contribution in [0.1, 0.15) is 26.7 Å². The molecule has 1 saturated heterocycles. The first-order chi connectivity index (χ1) is 13.0. The van der Waals surface area contributed by atoms with Gasteiger partial charge in [0.15, 0.2) is 0 Å². The second-order valence-electron chi connectivity index (χ2n) is 6.82. The molecule has 2 rings (SSSR count). The van der Waals surface area contributed by atoms with E-state index < -0.39 is 0 Å². The van der Waals surface area contributed by atoms with Crippen molar-refractivity contribution in [1.29, 1.82) is 0 Å². The number of hydrogen-bond acceptors (Lipinski definition) is 3. The number of amides is 4. The summed E-state index contributed by atoms with van der Waals surface area (Å²) in [4.78, 5) is 42.1. The van der Waals surface area contributed by atoms with Crippen molar-refractivity contribution < 1.29 is 14.4 Å². The van der Waals surface area contributed by atoms with Crippen molar-refractivity contribution in [3.63, 3.8) is 0 Å². The molecule has 0 aliphatic carbocycles. The summed E-state index contributed by atoms with van der Waals surface area (Å²) in [5.74, 6) is -0.186. The van der Waals surface area contributed by atoms with E-state index in [9.17, 15) is 14.4 Å². The lowest BCUT2D eigenvalue weighted by Gasteiger charge is -2.33. The second kappa shape index (κ2) is 9.94. The van der Waals surface area contributed by atoms with Crippen LogP contribution >= 0.6 is 0 Å². The molecule has 0 saturated carbocycles. The monoisotopic (exact) mass is 374 g/mol. The Hall–Kier alpha value is -2.57. The maximum absolute atomic E-state index is 12.6. The number of hydrogen-bond donors (Lipinski definition) is 1. The first-order valence-electron chi connectivity index (χ1n) is 9.60. The number of nitrogens with zero attached hydrogens (tertiary/aromatic N) is 3. The lowest BCUT2D eigenvalue weighted by molar-refractivity contribution is -0.142. The van der Waals surface area contributed by atoms with Gasteiger partial charge in [-0.15, -0.1) is 0 Å². The van der Waals surface area contributed by atoms with Gasteiger partial charge in [0, 0.05) is 44.8 Å². The number of benzene rings is 1. The molecule has 0 spiro atoms.